The lowest BCUT2D eigenvalue weighted by molar-refractivity contribution is -0.144. The summed E-state index contributed by atoms with van der Waals surface area (Å²) in [6, 6.07) is 18.7. The van der Waals surface area contributed by atoms with Crippen molar-refractivity contribution in [2.75, 3.05) is 111 Å². The number of aromatic amines is 1. The number of halogens is 1. The van der Waals surface area contributed by atoms with E-state index in [-0.39, 0.29) is 68.3 Å². The molecule has 0 spiro atoms. The number of H-pyrrole nitrogens is 1. The molecule has 5 N–H and O–H groups in total. The molecule has 23 heteroatoms. The zero-order chi connectivity index (χ0) is 56.6. The maximum Gasteiger partial charge on any atom is 0.246 e. The van der Waals surface area contributed by atoms with Crippen molar-refractivity contribution in [3.63, 3.8) is 0 Å². The van der Waals surface area contributed by atoms with Crippen LogP contribution in [0.3, 0.4) is 0 Å². The van der Waals surface area contributed by atoms with E-state index >= 15 is 0 Å². The summed E-state index contributed by atoms with van der Waals surface area (Å²) in [6.45, 7) is 13.9. The number of fused-ring (bicyclic) bond motifs is 1. The second-order valence-electron chi connectivity index (χ2n) is 20.6. The van der Waals surface area contributed by atoms with Gasteiger partial charge in [0.2, 0.25) is 23.6 Å². The number of nitrogens with zero attached hydrogens (tertiary/aromatic N) is 7. The number of anilines is 1. The predicted molar refractivity (Wildman–Crippen MR) is 300 cm³/mol. The van der Waals surface area contributed by atoms with E-state index in [1.54, 1.807) is 29.7 Å². The molecule has 2 saturated heterocycles. The number of benzene rings is 3. The number of amides is 4. The topological polar surface area (TPSA) is 248 Å². The van der Waals surface area contributed by atoms with Gasteiger partial charge in [0.1, 0.15) is 40.4 Å². The summed E-state index contributed by atoms with van der Waals surface area (Å²) < 4.78 is 42.6. The number of aromatic nitrogens is 5. The number of hydrogen-bond donors (Lipinski definition) is 5. The van der Waals surface area contributed by atoms with Gasteiger partial charge < -0.3 is 54.5 Å². The van der Waals surface area contributed by atoms with Crippen LogP contribution >= 0.6 is 11.3 Å². The normalized spacial score (nSPS) is 16.2. The van der Waals surface area contributed by atoms with Gasteiger partial charge in [0, 0.05) is 69.9 Å². The smallest absolute Gasteiger partial charge is 0.246 e. The number of hydrogen-bond acceptors (Lipinski definition) is 17. The van der Waals surface area contributed by atoms with Crippen LogP contribution in [0.5, 0.6) is 5.75 Å². The first-order chi connectivity index (χ1) is 38.7. The van der Waals surface area contributed by atoms with Gasteiger partial charge in [0.15, 0.2) is 5.82 Å². The van der Waals surface area contributed by atoms with Crippen LogP contribution in [-0.2, 0) is 44.7 Å². The van der Waals surface area contributed by atoms with Crippen molar-refractivity contribution in [3.05, 3.63) is 95.5 Å². The zero-order valence-electron chi connectivity index (χ0n) is 46.0. The predicted octanol–water partition coefficient (Wildman–Crippen LogP) is 4.77. The minimum absolute atomic E-state index is 0.0125. The van der Waals surface area contributed by atoms with Crippen LogP contribution < -0.4 is 25.6 Å². The first kappa shape index (κ1) is 59.1. The average molecular weight is 1120 g/mol. The molecule has 2 fully saturated rings. The van der Waals surface area contributed by atoms with Gasteiger partial charge in [-0.25, -0.2) is 19.3 Å². The van der Waals surface area contributed by atoms with Crippen molar-refractivity contribution in [2.24, 2.45) is 5.41 Å². The number of carbonyl (C=O) groups excluding carboxylic acids is 4. The fraction of sp³-hybridized carbons (Fsp3) is 0.474. The van der Waals surface area contributed by atoms with Crippen LogP contribution in [0.2, 0.25) is 0 Å². The molecule has 80 heavy (non-hydrogen) atoms. The highest BCUT2D eigenvalue weighted by Crippen LogP contribution is 2.34. The molecule has 2 aliphatic rings. The molecule has 6 aromatic rings. The van der Waals surface area contributed by atoms with Crippen LogP contribution in [0.15, 0.2) is 78.4 Å². The first-order valence-electron chi connectivity index (χ1n) is 26.9. The van der Waals surface area contributed by atoms with Gasteiger partial charge in [-0.15, -0.1) is 11.3 Å². The largest absolute Gasteiger partial charge is 0.496 e. The molecule has 0 bridgehead atoms. The van der Waals surface area contributed by atoms with Gasteiger partial charge >= 0.3 is 0 Å². The van der Waals surface area contributed by atoms with E-state index in [4.69, 9.17) is 23.7 Å². The number of carbonyl (C=O) groups is 4. The maximum absolute atomic E-state index is 14.8. The van der Waals surface area contributed by atoms with Crippen molar-refractivity contribution in [2.45, 2.75) is 65.3 Å². The molecule has 2 aliphatic heterocycles. The molecular formula is C57H72FN11O10S. The molecule has 3 atom stereocenters. The molecule has 0 radical (unpaired) electrons. The van der Waals surface area contributed by atoms with Crippen LogP contribution in [0.1, 0.15) is 44.9 Å². The Morgan fingerprint density at radius 2 is 1.51 bits per heavy atom. The van der Waals surface area contributed by atoms with Gasteiger partial charge in [-0.2, -0.15) is 5.10 Å². The fourth-order valence-corrected chi connectivity index (χ4v) is 10.3. The van der Waals surface area contributed by atoms with Crippen molar-refractivity contribution >= 4 is 51.7 Å². The maximum atomic E-state index is 14.8. The first-order valence-corrected chi connectivity index (χ1v) is 27.8. The van der Waals surface area contributed by atoms with Gasteiger partial charge in [0.05, 0.1) is 100 Å². The third kappa shape index (κ3) is 15.9. The Morgan fingerprint density at radius 3 is 2.17 bits per heavy atom. The number of rotatable bonds is 27. The number of likely N-dealkylation sites (tertiary alicyclic amines) is 1. The second kappa shape index (κ2) is 28.4. The number of β-amino-alcohol motifs (C(OH)–C–C–N with tert-alkyl or cyclic N) is 1. The highest BCUT2D eigenvalue weighted by atomic mass is 32.1. The number of methoxy groups -OCH3 is 1. The van der Waals surface area contributed by atoms with Crippen molar-refractivity contribution in [1.82, 2.24) is 50.9 Å². The minimum Gasteiger partial charge on any atom is -0.496 e. The monoisotopic (exact) mass is 1120 g/mol. The lowest BCUT2D eigenvalue weighted by atomic mass is 9.85. The Labute approximate surface area is 468 Å². The minimum atomic E-state index is -0.939. The van der Waals surface area contributed by atoms with Crippen molar-refractivity contribution in [3.8, 4) is 38.8 Å². The quantitative estimate of drug-likeness (QED) is 0.0436. The number of nitrogens with one attached hydrogen (secondary N) is 4. The van der Waals surface area contributed by atoms with Gasteiger partial charge in [-0.3, -0.25) is 29.2 Å². The van der Waals surface area contributed by atoms with E-state index in [0.29, 0.717) is 75.2 Å². The molecule has 0 unspecified atom stereocenters. The van der Waals surface area contributed by atoms with E-state index in [0.717, 1.165) is 59.1 Å². The average Bonchev–Trinajstić information content (AvgIpc) is 4.29. The second-order valence-corrected chi connectivity index (χ2v) is 21.5. The standard InChI is InChI=1S/C57H72FN11O10S/c1-37-52(80-36-62-37)40-11-9-38(10-12-40)32-61-55(73)45-31-42(70)34-69(45)56(74)53(57(2,3)4)63-47(71)17-23-76-25-27-78-29-30-79-28-26-77-24-18-59-48(72)35-67-19-21-68(22-20-67)41-15-13-39(14-16-41)50-51-44(65-66-50)33-60-54(64-51)49-43(58)7-6-8-46(49)75-5/h6-16,33,36,42,45,53,70H,17-32,34-35H2,1-5H3,(H,59,72)(H,61,73)(H,63,71)(H,65,66)/t42-,45+,53-/m1/s1. The van der Waals surface area contributed by atoms with E-state index in [9.17, 15) is 28.7 Å². The third-order valence-electron chi connectivity index (χ3n) is 13.8. The van der Waals surface area contributed by atoms with Gasteiger partial charge in [0.25, 0.3) is 0 Å². The molecule has 0 saturated carbocycles. The lowest BCUT2D eigenvalue weighted by Gasteiger charge is -2.35. The van der Waals surface area contributed by atoms with Crippen LogP contribution in [0, 0.1) is 18.2 Å². The molecule has 428 valence electrons. The highest BCUT2D eigenvalue weighted by molar-refractivity contribution is 7.13. The number of aryl methyl sites for hydroxylation is 1. The summed E-state index contributed by atoms with van der Waals surface area (Å²) in [5.41, 5.74) is 7.95. The summed E-state index contributed by atoms with van der Waals surface area (Å²) in [4.78, 5) is 73.3. The molecule has 21 nitrogen and oxygen atoms in total. The lowest BCUT2D eigenvalue weighted by Crippen LogP contribution is -2.57. The number of aliphatic hydroxyl groups is 1. The van der Waals surface area contributed by atoms with Crippen molar-refractivity contribution < 1.29 is 52.4 Å². The fourth-order valence-electron chi connectivity index (χ4n) is 9.48. The van der Waals surface area contributed by atoms with Crippen molar-refractivity contribution in [1.29, 1.82) is 0 Å². The number of piperazine rings is 1. The Bertz CT molecular complexity index is 3000. The summed E-state index contributed by atoms with van der Waals surface area (Å²) in [7, 11) is 1.48. The summed E-state index contributed by atoms with van der Waals surface area (Å²) >= 11 is 1.57. The van der Waals surface area contributed by atoms with E-state index in [1.807, 2.05) is 81.7 Å². The molecule has 8 rings (SSSR count). The third-order valence-corrected chi connectivity index (χ3v) is 14.8. The highest BCUT2D eigenvalue weighted by Gasteiger charge is 2.44. The number of thiazole rings is 1. The van der Waals surface area contributed by atoms with E-state index in [2.05, 4.69) is 50.9 Å². The summed E-state index contributed by atoms with van der Waals surface area (Å²) in [5, 5.41) is 26.7. The van der Waals surface area contributed by atoms with E-state index < -0.39 is 35.3 Å². The Kier molecular flexibility index (Phi) is 21.0. The molecule has 5 heterocycles. The zero-order valence-corrected chi connectivity index (χ0v) is 46.8. The van der Waals surface area contributed by atoms with Crippen LogP contribution in [0.25, 0.3) is 44.1 Å². The molecule has 0 aliphatic carbocycles. The van der Waals surface area contributed by atoms with Crippen LogP contribution in [-0.4, -0.2) is 188 Å². The molecular weight excluding hydrogens is 1050 g/mol. The Balaban J connectivity index is 0.629. The number of ether oxygens (including phenoxy) is 5. The molecule has 4 amide bonds. The SMILES string of the molecule is COc1cccc(F)c1-c1ncc2[nH]nc(-c3ccc(N4CCN(CC(=O)NCCOCCOCCOCCOCCC(=O)N[C@H](C(=O)N5C[C@H](O)C[C@H]5C(=O)NCc5ccc(-c6scnc6C)cc5)C(C)(C)C)CC4)cc3)c2n1. The Morgan fingerprint density at radius 1 is 0.838 bits per heavy atom. The number of aliphatic hydroxyl groups excluding tert-OH is 1. The van der Waals surface area contributed by atoms with Gasteiger partial charge in [-0.1, -0.05) is 63.2 Å². The molecule has 3 aromatic heterocycles. The van der Waals surface area contributed by atoms with Crippen LogP contribution in [0.4, 0.5) is 10.1 Å². The summed E-state index contributed by atoms with van der Waals surface area (Å²) in [6.07, 6.45) is 0.834. The Hall–Kier alpha value is -6.99. The summed E-state index contributed by atoms with van der Waals surface area (Å²) in [5.74, 6) is -1.16. The molecule has 3 aromatic carbocycles. The van der Waals surface area contributed by atoms with Gasteiger partial charge in [-0.05, 0) is 47.7 Å². The van der Waals surface area contributed by atoms with E-state index in [1.165, 1.54) is 18.1 Å².